The first kappa shape index (κ1) is 22.4. The van der Waals surface area contributed by atoms with Crippen LogP contribution in [0.2, 0.25) is 0 Å². The number of carboxylic acid groups (broad SMARTS) is 1. The van der Waals surface area contributed by atoms with Crippen LogP contribution in [0.4, 0.5) is 4.79 Å². The fourth-order valence-electron chi connectivity index (χ4n) is 5.78. The van der Waals surface area contributed by atoms with E-state index in [0.717, 1.165) is 17.5 Å². The van der Waals surface area contributed by atoms with Crippen molar-refractivity contribution in [1.29, 1.82) is 0 Å². The maximum atomic E-state index is 12.8. The normalized spacial score (nSPS) is 23.3. The Morgan fingerprint density at radius 2 is 1.71 bits per heavy atom. The summed E-state index contributed by atoms with van der Waals surface area (Å²) in [4.78, 5) is 38.5. The molecule has 2 fully saturated rings. The van der Waals surface area contributed by atoms with Gasteiger partial charge >= 0.3 is 12.1 Å². The maximum Gasteiger partial charge on any atom is 0.407 e. The summed E-state index contributed by atoms with van der Waals surface area (Å²) in [5.41, 5.74) is 4.66. The Bertz CT molecular complexity index is 1070. The second-order valence-corrected chi connectivity index (χ2v) is 9.60. The highest BCUT2D eigenvalue weighted by Gasteiger charge is 2.57. The smallest absolute Gasteiger partial charge is 0.407 e. The molecular weight excluding hydrogens is 432 g/mol. The molecule has 2 aromatic carbocycles. The van der Waals surface area contributed by atoms with Crippen LogP contribution in [0.3, 0.4) is 0 Å². The molecular formula is C27H30N2O5. The molecule has 0 aromatic heterocycles. The van der Waals surface area contributed by atoms with E-state index in [9.17, 15) is 19.5 Å². The van der Waals surface area contributed by atoms with Gasteiger partial charge in [0.25, 0.3) is 0 Å². The SMILES string of the molecule is CCC(CC(=O)N1CCC2C(C1)C2C(=O)O)NC(=O)OCC1c2ccccc2-c2ccccc21. The number of ether oxygens (including phenoxy) is 1. The fourth-order valence-corrected chi connectivity index (χ4v) is 5.78. The zero-order valence-electron chi connectivity index (χ0n) is 19.3. The lowest BCUT2D eigenvalue weighted by Crippen LogP contribution is -2.43. The predicted molar refractivity (Wildman–Crippen MR) is 126 cm³/mol. The summed E-state index contributed by atoms with van der Waals surface area (Å²) in [6.45, 7) is 3.25. The first-order valence-electron chi connectivity index (χ1n) is 12.1. The van der Waals surface area contributed by atoms with Crippen LogP contribution in [0.25, 0.3) is 11.1 Å². The van der Waals surface area contributed by atoms with Gasteiger partial charge in [-0.1, -0.05) is 55.5 Å². The number of nitrogens with one attached hydrogen (secondary N) is 1. The molecule has 178 valence electrons. The largest absolute Gasteiger partial charge is 0.481 e. The Hall–Kier alpha value is -3.35. The molecule has 0 radical (unpaired) electrons. The van der Waals surface area contributed by atoms with E-state index in [1.165, 1.54) is 11.1 Å². The van der Waals surface area contributed by atoms with Gasteiger partial charge in [-0.25, -0.2) is 4.79 Å². The third-order valence-electron chi connectivity index (χ3n) is 7.71. The predicted octanol–water partition coefficient (Wildman–Crippen LogP) is 3.87. The van der Waals surface area contributed by atoms with E-state index in [2.05, 4.69) is 29.6 Å². The molecule has 34 heavy (non-hydrogen) atoms. The minimum absolute atomic E-state index is 0.0122. The van der Waals surface area contributed by atoms with Gasteiger partial charge in [-0.15, -0.1) is 0 Å². The fraction of sp³-hybridized carbons (Fsp3) is 0.444. The standard InChI is InChI=1S/C27H30N2O5/c1-2-16(13-24(30)29-12-11-21-22(14-29)25(21)26(31)32)28-27(33)34-15-23-19-9-5-3-7-17(19)18-8-4-6-10-20(18)23/h3-10,16,21-23,25H,2,11-15H2,1H3,(H,28,33)(H,31,32). The van der Waals surface area contributed by atoms with Crippen molar-refractivity contribution < 1.29 is 24.2 Å². The zero-order valence-corrected chi connectivity index (χ0v) is 19.3. The molecule has 2 aliphatic carbocycles. The summed E-state index contributed by atoms with van der Waals surface area (Å²) >= 11 is 0. The number of hydrogen-bond donors (Lipinski definition) is 2. The Morgan fingerprint density at radius 1 is 1.06 bits per heavy atom. The number of carbonyl (C=O) groups is 3. The van der Waals surface area contributed by atoms with Gasteiger partial charge in [-0.05, 0) is 46.9 Å². The van der Waals surface area contributed by atoms with Crippen LogP contribution in [-0.4, -0.2) is 53.7 Å². The molecule has 1 saturated heterocycles. The molecule has 4 atom stereocenters. The molecule has 7 heteroatoms. The second kappa shape index (κ2) is 9.12. The third-order valence-corrected chi connectivity index (χ3v) is 7.71. The van der Waals surface area contributed by atoms with E-state index in [4.69, 9.17) is 4.74 Å². The van der Waals surface area contributed by atoms with Gasteiger partial charge in [-0.2, -0.15) is 0 Å². The van der Waals surface area contributed by atoms with Crippen molar-refractivity contribution in [1.82, 2.24) is 10.2 Å². The van der Waals surface area contributed by atoms with Crippen LogP contribution in [-0.2, 0) is 14.3 Å². The Balaban J connectivity index is 1.15. The number of fused-ring (bicyclic) bond motifs is 4. The molecule has 1 aliphatic heterocycles. The highest BCUT2D eigenvalue weighted by Crippen LogP contribution is 2.51. The molecule has 2 aromatic rings. The van der Waals surface area contributed by atoms with Crippen LogP contribution in [0, 0.1) is 17.8 Å². The van der Waals surface area contributed by atoms with Crippen molar-refractivity contribution in [2.75, 3.05) is 19.7 Å². The highest BCUT2D eigenvalue weighted by atomic mass is 16.5. The average Bonchev–Trinajstić information content (AvgIpc) is 3.49. The van der Waals surface area contributed by atoms with Crippen LogP contribution in [0.1, 0.15) is 43.2 Å². The molecule has 4 unspecified atom stereocenters. The lowest BCUT2D eigenvalue weighted by Gasteiger charge is -2.28. The quantitative estimate of drug-likeness (QED) is 0.651. The van der Waals surface area contributed by atoms with E-state index in [0.29, 0.717) is 19.5 Å². The average molecular weight is 463 g/mol. The minimum atomic E-state index is -0.757. The molecule has 2 N–H and O–H groups in total. The second-order valence-electron chi connectivity index (χ2n) is 9.60. The zero-order chi connectivity index (χ0) is 23.8. The van der Waals surface area contributed by atoms with Crippen LogP contribution >= 0.6 is 0 Å². The first-order chi connectivity index (χ1) is 16.5. The summed E-state index contributed by atoms with van der Waals surface area (Å²) < 4.78 is 5.62. The maximum absolute atomic E-state index is 12.8. The number of carboxylic acids is 1. The van der Waals surface area contributed by atoms with Gasteiger partial charge in [0, 0.05) is 31.5 Å². The van der Waals surface area contributed by atoms with Crippen molar-refractivity contribution in [3.63, 3.8) is 0 Å². The Morgan fingerprint density at radius 3 is 2.32 bits per heavy atom. The van der Waals surface area contributed by atoms with Crippen molar-refractivity contribution >= 4 is 18.0 Å². The molecule has 2 amide bonds. The van der Waals surface area contributed by atoms with E-state index in [1.807, 2.05) is 31.2 Å². The van der Waals surface area contributed by atoms with Crippen molar-refractivity contribution in [2.45, 2.75) is 38.1 Å². The van der Waals surface area contributed by atoms with Gasteiger partial charge in [-0.3, -0.25) is 9.59 Å². The molecule has 0 spiro atoms. The lowest BCUT2D eigenvalue weighted by molar-refractivity contribution is -0.139. The van der Waals surface area contributed by atoms with Crippen molar-refractivity contribution in [3.05, 3.63) is 59.7 Å². The summed E-state index contributed by atoms with van der Waals surface area (Å²) in [5, 5.41) is 12.1. The number of hydrogen-bond acceptors (Lipinski definition) is 4. The number of alkyl carbamates (subject to hydrolysis) is 1. The first-order valence-corrected chi connectivity index (χ1v) is 12.1. The summed E-state index contributed by atoms with van der Waals surface area (Å²) in [5.74, 6) is -0.832. The topological polar surface area (TPSA) is 95.9 Å². The molecule has 1 saturated carbocycles. The number of carbonyl (C=O) groups excluding carboxylic acids is 2. The summed E-state index contributed by atoms with van der Waals surface area (Å²) in [7, 11) is 0. The Labute approximate surface area is 199 Å². The molecule has 1 heterocycles. The summed E-state index contributed by atoms with van der Waals surface area (Å²) in [6, 6.07) is 16.0. The number of aliphatic carboxylic acids is 1. The van der Waals surface area contributed by atoms with Gasteiger partial charge in [0.1, 0.15) is 6.61 Å². The van der Waals surface area contributed by atoms with E-state index in [1.54, 1.807) is 4.90 Å². The number of nitrogens with zero attached hydrogens (tertiary/aromatic N) is 1. The lowest BCUT2D eigenvalue weighted by atomic mass is 9.98. The number of amides is 2. The third kappa shape index (κ3) is 4.15. The monoisotopic (exact) mass is 462 g/mol. The van der Waals surface area contributed by atoms with Gasteiger partial charge in [0.05, 0.1) is 5.92 Å². The van der Waals surface area contributed by atoms with Crippen LogP contribution in [0.15, 0.2) is 48.5 Å². The van der Waals surface area contributed by atoms with E-state index in [-0.39, 0.29) is 48.6 Å². The molecule has 7 nitrogen and oxygen atoms in total. The van der Waals surface area contributed by atoms with Gasteiger partial charge in [0.15, 0.2) is 0 Å². The number of rotatable bonds is 7. The molecule has 5 rings (SSSR count). The van der Waals surface area contributed by atoms with Crippen molar-refractivity contribution in [2.24, 2.45) is 17.8 Å². The number of likely N-dealkylation sites (tertiary alicyclic amines) is 1. The number of benzene rings is 2. The van der Waals surface area contributed by atoms with Gasteiger partial charge in [0.2, 0.25) is 5.91 Å². The molecule has 0 bridgehead atoms. The minimum Gasteiger partial charge on any atom is -0.481 e. The van der Waals surface area contributed by atoms with Crippen LogP contribution < -0.4 is 5.32 Å². The van der Waals surface area contributed by atoms with E-state index >= 15 is 0 Å². The van der Waals surface area contributed by atoms with Crippen molar-refractivity contribution in [3.8, 4) is 11.1 Å². The van der Waals surface area contributed by atoms with Gasteiger partial charge < -0.3 is 20.1 Å². The highest BCUT2D eigenvalue weighted by molar-refractivity contribution is 5.80. The van der Waals surface area contributed by atoms with E-state index < -0.39 is 12.1 Å². The van der Waals surface area contributed by atoms with Crippen LogP contribution in [0.5, 0.6) is 0 Å². The number of piperidine rings is 1. The molecule has 3 aliphatic rings. The summed E-state index contributed by atoms with van der Waals surface area (Å²) in [6.07, 6.45) is 1.02. The Kier molecular flexibility index (Phi) is 6.02.